The van der Waals surface area contributed by atoms with Gasteiger partial charge < -0.3 is 10.1 Å². The Labute approximate surface area is 131 Å². The lowest BCUT2D eigenvalue weighted by Gasteiger charge is -2.19. The van der Waals surface area contributed by atoms with Crippen LogP contribution in [-0.2, 0) is 24.9 Å². The van der Waals surface area contributed by atoms with E-state index in [1.807, 2.05) is 28.8 Å². The first-order valence-corrected chi connectivity index (χ1v) is 8.09. The fourth-order valence-corrected chi connectivity index (χ4v) is 3.08. The van der Waals surface area contributed by atoms with Crippen LogP contribution in [0, 0.1) is 5.92 Å². The molecule has 0 amide bonds. The summed E-state index contributed by atoms with van der Waals surface area (Å²) in [7, 11) is 1.98. The van der Waals surface area contributed by atoms with Gasteiger partial charge in [0.2, 0.25) is 0 Å². The van der Waals surface area contributed by atoms with Crippen LogP contribution >= 0.6 is 0 Å². The SMILES string of the molecule is CCCn1cc(CNC[C@@H]2CCO[C@H]2c2ccnn2C)cn1. The highest BCUT2D eigenvalue weighted by Crippen LogP contribution is 2.33. The van der Waals surface area contributed by atoms with E-state index < -0.39 is 0 Å². The number of aromatic nitrogens is 4. The van der Waals surface area contributed by atoms with Gasteiger partial charge in [-0.05, 0) is 18.9 Å². The van der Waals surface area contributed by atoms with Crippen LogP contribution in [-0.4, -0.2) is 32.7 Å². The smallest absolute Gasteiger partial charge is 0.103 e. The summed E-state index contributed by atoms with van der Waals surface area (Å²) in [6.45, 7) is 5.79. The van der Waals surface area contributed by atoms with Gasteiger partial charge in [0.25, 0.3) is 0 Å². The molecule has 22 heavy (non-hydrogen) atoms. The molecule has 1 aliphatic heterocycles. The van der Waals surface area contributed by atoms with Gasteiger partial charge in [-0.3, -0.25) is 9.36 Å². The minimum Gasteiger partial charge on any atom is -0.372 e. The first kappa shape index (κ1) is 15.2. The van der Waals surface area contributed by atoms with Gasteiger partial charge in [0.05, 0.1) is 11.9 Å². The molecule has 3 heterocycles. The molecular weight excluding hydrogens is 278 g/mol. The predicted octanol–water partition coefficient (Wildman–Crippen LogP) is 1.89. The Morgan fingerprint density at radius 1 is 1.41 bits per heavy atom. The first-order valence-electron chi connectivity index (χ1n) is 8.09. The van der Waals surface area contributed by atoms with Gasteiger partial charge in [-0.15, -0.1) is 0 Å². The molecule has 1 saturated heterocycles. The standard InChI is InChI=1S/C16H25N5O/c1-3-7-21-12-13(10-19-21)9-17-11-14-5-8-22-16(14)15-4-6-18-20(15)2/h4,6,10,12,14,16-17H,3,5,7-9,11H2,1-2H3/t14-,16+/m0/s1. The normalized spacial score (nSPS) is 21.5. The molecule has 2 atom stereocenters. The van der Waals surface area contributed by atoms with Crippen molar-refractivity contribution in [1.82, 2.24) is 24.9 Å². The highest BCUT2D eigenvalue weighted by Gasteiger charge is 2.31. The van der Waals surface area contributed by atoms with Crippen LogP contribution in [0.4, 0.5) is 0 Å². The Balaban J connectivity index is 1.51. The molecule has 1 N–H and O–H groups in total. The van der Waals surface area contributed by atoms with E-state index in [4.69, 9.17) is 4.74 Å². The largest absolute Gasteiger partial charge is 0.372 e. The average molecular weight is 303 g/mol. The minimum atomic E-state index is 0.155. The van der Waals surface area contributed by atoms with E-state index in [1.54, 1.807) is 0 Å². The third-order valence-corrected chi connectivity index (χ3v) is 4.24. The van der Waals surface area contributed by atoms with Gasteiger partial charge in [0.15, 0.2) is 0 Å². The van der Waals surface area contributed by atoms with E-state index in [2.05, 4.69) is 34.7 Å². The van der Waals surface area contributed by atoms with Gasteiger partial charge >= 0.3 is 0 Å². The zero-order valence-corrected chi connectivity index (χ0v) is 13.4. The molecule has 6 nitrogen and oxygen atoms in total. The van der Waals surface area contributed by atoms with Crippen LogP contribution in [0.1, 0.15) is 37.1 Å². The van der Waals surface area contributed by atoms with Crippen molar-refractivity contribution in [2.24, 2.45) is 13.0 Å². The third kappa shape index (κ3) is 3.39. The molecule has 1 aliphatic rings. The molecule has 120 valence electrons. The summed E-state index contributed by atoms with van der Waals surface area (Å²) in [4.78, 5) is 0. The Morgan fingerprint density at radius 2 is 2.32 bits per heavy atom. The third-order valence-electron chi connectivity index (χ3n) is 4.24. The zero-order valence-electron chi connectivity index (χ0n) is 13.4. The van der Waals surface area contributed by atoms with Crippen molar-refractivity contribution < 1.29 is 4.74 Å². The minimum absolute atomic E-state index is 0.155. The molecule has 2 aromatic heterocycles. The van der Waals surface area contributed by atoms with Crippen molar-refractivity contribution in [3.05, 3.63) is 35.9 Å². The number of aryl methyl sites for hydroxylation is 2. The summed E-state index contributed by atoms with van der Waals surface area (Å²) >= 11 is 0. The van der Waals surface area contributed by atoms with Crippen LogP contribution in [0.3, 0.4) is 0 Å². The highest BCUT2D eigenvalue weighted by atomic mass is 16.5. The van der Waals surface area contributed by atoms with Crippen LogP contribution in [0.25, 0.3) is 0 Å². The second-order valence-corrected chi connectivity index (χ2v) is 5.96. The summed E-state index contributed by atoms with van der Waals surface area (Å²) in [6.07, 6.45) is 8.27. The van der Waals surface area contributed by atoms with E-state index in [9.17, 15) is 0 Å². The van der Waals surface area contributed by atoms with Crippen molar-refractivity contribution in [1.29, 1.82) is 0 Å². The Kier molecular flexibility index (Phi) is 4.90. The van der Waals surface area contributed by atoms with E-state index in [-0.39, 0.29) is 6.10 Å². The Morgan fingerprint density at radius 3 is 3.09 bits per heavy atom. The maximum absolute atomic E-state index is 5.91. The molecule has 3 rings (SSSR count). The molecule has 1 fully saturated rings. The van der Waals surface area contributed by atoms with Crippen molar-refractivity contribution >= 4 is 0 Å². The molecule has 0 radical (unpaired) electrons. The number of ether oxygens (including phenoxy) is 1. The number of hydrogen-bond acceptors (Lipinski definition) is 4. The molecule has 6 heteroatoms. The van der Waals surface area contributed by atoms with Crippen molar-refractivity contribution in [2.45, 2.75) is 39.0 Å². The van der Waals surface area contributed by atoms with Crippen LogP contribution in [0.2, 0.25) is 0 Å². The molecule has 0 saturated carbocycles. The fourth-order valence-electron chi connectivity index (χ4n) is 3.08. The van der Waals surface area contributed by atoms with Crippen molar-refractivity contribution in [3.63, 3.8) is 0 Å². The van der Waals surface area contributed by atoms with E-state index in [0.29, 0.717) is 5.92 Å². The number of nitrogens with zero attached hydrogens (tertiary/aromatic N) is 4. The Bertz CT molecular complexity index is 591. The summed E-state index contributed by atoms with van der Waals surface area (Å²) in [5, 5.41) is 12.2. The van der Waals surface area contributed by atoms with Crippen LogP contribution < -0.4 is 5.32 Å². The van der Waals surface area contributed by atoms with E-state index in [1.165, 1.54) is 11.3 Å². The van der Waals surface area contributed by atoms with Gasteiger partial charge in [0, 0.05) is 57.2 Å². The Hall–Kier alpha value is -1.66. The second-order valence-electron chi connectivity index (χ2n) is 5.96. The average Bonchev–Trinajstić information content (AvgIpc) is 3.21. The molecule has 0 aliphatic carbocycles. The molecular formula is C16H25N5O. The molecule has 0 unspecified atom stereocenters. The summed E-state index contributed by atoms with van der Waals surface area (Å²) < 4.78 is 9.83. The fraction of sp³-hybridized carbons (Fsp3) is 0.625. The highest BCUT2D eigenvalue weighted by molar-refractivity contribution is 5.08. The quantitative estimate of drug-likeness (QED) is 0.849. The molecule has 0 spiro atoms. The topological polar surface area (TPSA) is 56.9 Å². The maximum atomic E-state index is 5.91. The van der Waals surface area contributed by atoms with E-state index >= 15 is 0 Å². The summed E-state index contributed by atoms with van der Waals surface area (Å²) in [5.74, 6) is 0.501. The molecule has 2 aromatic rings. The van der Waals surface area contributed by atoms with Gasteiger partial charge in [0.1, 0.15) is 6.10 Å². The zero-order chi connectivity index (χ0) is 15.4. The second kappa shape index (κ2) is 7.07. The van der Waals surface area contributed by atoms with E-state index in [0.717, 1.165) is 39.1 Å². The maximum Gasteiger partial charge on any atom is 0.103 e. The molecule has 0 aromatic carbocycles. The predicted molar refractivity (Wildman–Crippen MR) is 84.2 cm³/mol. The monoisotopic (exact) mass is 303 g/mol. The van der Waals surface area contributed by atoms with Crippen molar-refractivity contribution in [3.8, 4) is 0 Å². The lowest BCUT2D eigenvalue weighted by molar-refractivity contribution is 0.0838. The number of hydrogen-bond donors (Lipinski definition) is 1. The van der Waals surface area contributed by atoms with Gasteiger partial charge in [-0.1, -0.05) is 6.92 Å². The number of nitrogens with one attached hydrogen (secondary N) is 1. The van der Waals surface area contributed by atoms with Gasteiger partial charge in [-0.2, -0.15) is 10.2 Å². The lowest BCUT2D eigenvalue weighted by atomic mass is 9.99. The van der Waals surface area contributed by atoms with Crippen molar-refractivity contribution in [2.75, 3.05) is 13.2 Å². The van der Waals surface area contributed by atoms with Gasteiger partial charge in [-0.25, -0.2) is 0 Å². The molecule has 0 bridgehead atoms. The summed E-state index contributed by atoms with van der Waals surface area (Å²) in [5.41, 5.74) is 2.41. The lowest BCUT2D eigenvalue weighted by Crippen LogP contribution is -2.25. The first-order chi connectivity index (χ1) is 10.8. The summed E-state index contributed by atoms with van der Waals surface area (Å²) in [6, 6.07) is 2.05. The van der Waals surface area contributed by atoms with Crippen LogP contribution in [0.15, 0.2) is 24.7 Å². The number of rotatable bonds is 7. The van der Waals surface area contributed by atoms with Crippen LogP contribution in [0.5, 0.6) is 0 Å².